The van der Waals surface area contributed by atoms with Crippen molar-refractivity contribution in [3.8, 4) is 5.75 Å². The number of nitrogens with one attached hydrogen (secondary N) is 1. The van der Waals surface area contributed by atoms with E-state index >= 15 is 0 Å². The molecule has 1 heterocycles. The molecule has 0 aliphatic heterocycles. The van der Waals surface area contributed by atoms with Gasteiger partial charge in [-0.15, -0.1) is 0 Å². The minimum absolute atomic E-state index is 0.00667. The minimum Gasteiger partial charge on any atom is -0.497 e. The number of carbonyl (C=O) groups is 2. The van der Waals surface area contributed by atoms with E-state index in [0.29, 0.717) is 22.5 Å². The van der Waals surface area contributed by atoms with E-state index in [0.717, 1.165) is 0 Å². The molecule has 0 spiro atoms. The van der Waals surface area contributed by atoms with Gasteiger partial charge in [-0.2, -0.15) is 0 Å². The number of hydrogen-bond acceptors (Lipinski definition) is 5. The maximum Gasteiger partial charge on any atom is 0.294 e. The minimum atomic E-state index is -0.502. The molecule has 8 heteroatoms. The third-order valence-electron chi connectivity index (χ3n) is 4.51. The Kier molecular flexibility index (Phi) is 5.92. The van der Waals surface area contributed by atoms with Crippen LogP contribution in [0.4, 0.5) is 11.5 Å². The largest absolute Gasteiger partial charge is 0.497 e. The highest BCUT2D eigenvalue weighted by molar-refractivity contribution is 5.94. The Hall–Kier alpha value is -3.68. The molecule has 0 unspecified atom stereocenters. The van der Waals surface area contributed by atoms with Gasteiger partial charge in [0.15, 0.2) is 0 Å². The summed E-state index contributed by atoms with van der Waals surface area (Å²) in [7, 11) is 3.07. The van der Waals surface area contributed by atoms with Crippen molar-refractivity contribution >= 4 is 34.4 Å². The van der Waals surface area contributed by atoms with Gasteiger partial charge in [0.05, 0.1) is 18.1 Å². The van der Waals surface area contributed by atoms with Gasteiger partial charge in [-0.3, -0.25) is 23.9 Å². The van der Waals surface area contributed by atoms with Crippen molar-refractivity contribution in [3.63, 3.8) is 0 Å². The fraction of sp³-hybridized carbons (Fsp3) is 0.238. The number of nitrogens with zero attached hydrogens (tertiary/aromatic N) is 3. The lowest BCUT2D eigenvalue weighted by Gasteiger charge is -2.18. The van der Waals surface area contributed by atoms with E-state index in [4.69, 9.17) is 4.74 Å². The molecule has 3 aromatic rings. The van der Waals surface area contributed by atoms with Crippen molar-refractivity contribution in [2.75, 3.05) is 24.4 Å². The second kappa shape index (κ2) is 8.55. The topological polar surface area (TPSA) is 93.5 Å². The molecule has 1 N–H and O–H groups in total. The van der Waals surface area contributed by atoms with Crippen LogP contribution in [0.5, 0.6) is 5.75 Å². The maximum absolute atomic E-state index is 13.0. The molecule has 2 amide bonds. The molecule has 0 fully saturated rings. The Morgan fingerprint density at radius 1 is 1.14 bits per heavy atom. The average molecular weight is 394 g/mol. The van der Waals surface area contributed by atoms with Crippen LogP contribution < -0.4 is 20.5 Å². The molecular formula is C21H22N4O4. The number of ether oxygens (including phenoxy) is 1. The number of hydrogen-bond donors (Lipinski definition) is 1. The number of aromatic nitrogens is 2. The summed E-state index contributed by atoms with van der Waals surface area (Å²) in [5.41, 5.74) is 1.12. The summed E-state index contributed by atoms with van der Waals surface area (Å²) < 4.78 is 6.43. The van der Waals surface area contributed by atoms with Gasteiger partial charge in [-0.25, -0.2) is 4.98 Å². The van der Waals surface area contributed by atoms with Gasteiger partial charge >= 0.3 is 0 Å². The first-order valence-corrected chi connectivity index (χ1v) is 9.14. The Morgan fingerprint density at radius 3 is 2.48 bits per heavy atom. The smallest absolute Gasteiger partial charge is 0.294 e. The number of fused-ring (bicyclic) bond motifs is 1. The summed E-state index contributed by atoms with van der Waals surface area (Å²) in [5, 5.41) is 2.76. The van der Waals surface area contributed by atoms with E-state index in [2.05, 4.69) is 10.3 Å². The molecule has 0 atom stereocenters. The number of methoxy groups -OCH3 is 1. The molecule has 8 nitrogen and oxygen atoms in total. The third-order valence-corrected chi connectivity index (χ3v) is 4.51. The van der Waals surface area contributed by atoms with Gasteiger partial charge in [0, 0.05) is 19.2 Å². The molecule has 150 valence electrons. The third kappa shape index (κ3) is 4.26. The highest BCUT2D eigenvalue weighted by Crippen LogP contribution is 2.17. The lowest BCUT2D eigenvalue weighted by Crippen LogP contribution is -2.36. The standard InChI is InChI=1S/C21H22N4O4/c1-4-19(27)24(2)20-21(28)25(17-8-6-5-7-16(17)23-20)13-18(26)22-14-9-11-15(29-3)12-10-14/h5-12H,4,13H2,1-3H3,(H,22,26). The summed E-state index contributed by atoms with van der Waals surface area (Å²) in [6.07, 6.45) is 0.238. The van der Waals surface area contributed by atoms with Gasteiger partial charge < -0.3 is 10.1 Å². The van der Waals surface area contributed by atoms with Crippen LogP contribution in [0.15, 0.2) is 53.3 Å². The molecule has 0 saturated heterocycles. The van der Waals surface area contributed by atoms with Gasteiger partial charge in [-0.05, 0) is 36.4 Å². The highest BCUT2D eigenvalue weighted by atomic mass is 16.5. The van der Waals surface area contributed by atoms with Crippen LogP contribution in [-0.2, 0) is 16.1 Å². The van der Waals surface area contributed by atoms with Crippen molar-refractivity contribution < 1.29 is 14.3 Å². The first kappa shape index (κ1) is 20.1. The van der Waals surface area contributed by atoms with Crippen molar-refractivity contribution in [1.82, 2.24) is 9.55 Å². The normalized spacial score (nSPS) is 10.6. The van der Waals surface area contributed by atoms with E-state index in [1.54, 1.807) is 62.6 Å². The molecule has 29 heavy (non-hydrogen) atoms. The zero-order valence-electron chi connectivity index (χ0n) is 16.5. The quantitative estimate of drug-likeness (QED) is 0.693. The lowest BCUT2D eigenvalue weighted by atomic mass is 10.2. The summed E-state index contributed by atoms with van der Waals surface area (Å²) in [4.78, 5) is 43.3. The van der Waals surface area contributed by atoms with E-state index in [1.807, 2.05) is 0 Å². The van der Waals surface area contributed by atoms with Gasteiger partial charge in [-0.1, -0.05) is 19.1 Å². The monoisotopic (exact) mass is 394 g/mol. The number of carbonyl (C=O) groups excluding carboxylic acids is 2. The van der Waals surface area contributed by atoms with Crippen LogP contribution in [-0.4, -0.2) is 35.5 Å². The van der Waals surface area contributed by atoms with E-state index in [-0.39, 0.29) is 30.6 Å². The zero-order chi connectivity index (χ0) is 21.0. The molecule has 0 aliphatic carbocycles. The SMILES string of the molecule is CCC(=O)N(C)c1nc2ccccc2n(CC(=O)Nc2ccc(OC)cc2)c1=O. The van der Waals surface area contributed by atoms with Gasteiger partial charge in [0.1, 0.15) is 12.3 Å². The second-order valence-electron chi connectivity index (χ2n) is 6.40. The number of amides is 2. The molecule has 0 saturated carbocycles. The molecule has 3 rings (SSSR count). The number of para-hydroxylation sites is 2. The lowest BCUT2D eigenvalue weighted by molar-refractivity contribution is -0.118. The molecule has 0 bridgehead atoms. The fourth-order valence-electron chi connectivity index (χ4n) is 2.93. The molecule has 0 aliphatic rings. The van der Waals surface area contributed by atoms with Crippen molar-refractivity contribution in [2.45, 2.75) is 19.9 Å². The Morgan fingerprint density at radius 2 is 1.83 bits per heavy atom. The van der Waals surface area contributed by atoms with Crippen LogP contribution in [0.3, 0.4) is 0 Å². The predicted molar refractivity (Wildman–Crippen MR) is 111 cm³/mol. The van der Waals surface area contributed by atoms with E-state index in [1.165, 1.54) is 16.5 Å². The number of rotatable bonds is 6. The van der Waals surface area contributed by atoms with Crippen LogP contribution in [0.25, 0.3) is 11.0 Å². The average Bonchev–Trinajstić information content (AvgIpc) is 2.75. The Balaban J connectivity index is 1.96. The first-order valence-electron chi connectivity index (χ1n) is 9.14. The predicted octanol–water partition coefficient (Wildman–Crippen LogP) is 2.42. The molecule has 1 aromatic heterocycles. The summed E-state index contributed by atoms with van der Waals surface area (Å²) in [6, 6.07) is 13.9. The molecule has 2 aromatic carbocycles. The van der Waals surface area contributed by atoms with Crippen molar-refractivity contribution in [3.05, 3.63) is 58.9 Å². The number of anilines is 2. The van der Waals surface area contributed by atoms with Crippen molar-refractivity contribution in [2.24, 2.45) is 0 Å². The van der Waals surface area contributed by atoms with Crippen molar-refractivity contribution in [1.29, 1.82) is 0 Å². The second-order valence-corrected chi connectivity index (χ2v) is 6.40. The Labute approximate surface area is 167 Å². The van der Waals surface area contributed by atoms with Crippen LogP contribution in [0.2, 0.25) is 0 Å². The first-order chi connectivity index (χ1) is 13.9. The number of benzene rings is 2. The van der Waals surface area contributed by atoms with Crippen LogP contribution >= 0.6 is 0 Å². The maximum atomic E-state index is 13.0. The summed E-state index contributed by atoms with van der Waals surface area (Å²) in [5.74, 6) is 0.0589. The molecule has 0 radical (unpaired) electrons. The summed E-state index contributed by atoms with van der Waals surface area (Å²) >= 11 is 0. The molecular weight excluding hydrogens is 372 g/mol. The zero-order valence-corrected chi connectivity index (χ0v) is 16.5. The van der Waals surface area contributed by atoms with Crippen LogP contribution in [0, 0.1) is 0 Å². The van der Waals surface area contributed by atoms with E-state index < -0.39 is 5.56 Å². The summed E-state index contributed by atoms with van der Waals surface area (Å²) in [6.45, 7) is 1.50. The fourth-order valence-corrected chi connectivity index (χ4v) is 2.93. The van der Waals surface area contributed by atoms with Gasteiger partial charge in [0.25, 0.3) is 5.56 Å². The van der Waals surface area contributed by atoms with Crippen LogP contribution in [0.1, 0.15) is 13.3 Å². The highest BCUT2D eigenvalue weighted by Gasteiger charge is 2.19. The Bertz CT molecular complexity index is 1110. The van der Waals surface area contributed by atoms with Gasteiger partial charge in [0.2, 0.25) is 17.6 Å². The van der Waals surface area contributed by atoms with E-state index in [9.17, 15) is 14.4 Å².